The first-order valence-corrected chi connectivity index (χ1v) is 10.2. The lowest BCUT2D eigenvalue weighted by Gasteiger charge is -2.29. The number of rotatable bonds is 5. The molecule has 5 rings (SSSR count). The third-order valence-electron chi connectivity index (χ3n) is 5.43. The zero-order chi connectivity index (χ0) is 21.2. The van der Waals surface area contributed by atoms with E-state index in [1.54, 1.807) is 19.3 Å². The molecule has 0 saturated carbocycles. The molecule has 2 aromatic carbocycles. The Labute approximate surface area is 179 Å². The Morgan fingerprint density at radius 3 is 2.71 bits per heavy atom. The second-order valence-electron chi connectivity index (χ2n) is 7.38. The number of nitrogens with zero attached hydrogens (tertiary/aromatic N) is 2. The van der Waals surface area contributed by atoms with E-state index in [0.717, 1.165) is 40.8 Å². The van der Waals surface area contributed by atoms with Crippen molar-refractivity contribution in [1.82, 2.24) is 4.98 Å². The van der Waals surface area contributed by atoms with Gasteiger partial charge < -0.3 is 18.8 Å². The second-order valence-corrected chi connectivity index (χ2v) is 7.38. The number of para-hydroxylation sites is 2. The molecule has 156 valence electrons. The molecule has 0 unspecified atom stereocenters. The first-order valence-electron chi connectivity index (χ1n) is 10.2. The molecule has 4 aromatic rings. The molecule has 0 amide bonds. The van der Waals surface area contributed by atoms with Crippen LogP contribution in [0.2, 0.25) is 0 Å². The van der Waals surface area contributed by atoms with Crippen molar-refractivity contribution in [3.63, 3.8) is 0 Å². The molecule has 0 atom stereocenters. The summed E-state index contributed by atoms with van der Waals surface area (Å²) in [6.45, 7) is 2.86. The standard InChI is InChI=1S/C25H22N2O4/c1-29-22-8-4-6-18-16-23(31-24(18)22)21(28)10-9-19-15-17-5-2-3-7-20(17)26-25(19)27-11-13-30-14-12-27/h2-10,15-16H,11-14H2,1H3/b10-9+. The summed E-state index contributed by atoms with van der Waals surface area (Å²) in [7, 11) is 1.58. The van der Waals surface area contributed by atoms with Gasteiger partial charge in [0.05, 0.1) is 25.8 Å². The summed E-state index contributed by atoms with van der Waals surface area (Å²) in [5, 5.41) is 1.86. The Hall–Kier alpha value is -3.64. The van der Waals surface area contributed by atoms with Crippen molar-refractivity contribution in [2.75, 3.05) is 38.3 Å². The van der Waals surface area contributed by atoms with Crippen LogP contribution in [0.4, 0.5) is 5.82 Å². The number of carbonyl (C=O) groups excluding carboxylic acids is 1. The van der Waals surface area contributed by atoms with Crippen molar-refractivity contribution in [2.45, 2.75) is 0 Å². The molecule has 1 aliphatic heterocycles. The summed E-state index contributed by atoms with van der Waals surface area (Å²) in [4.78, 5) is 19.9. The minimum absolute atomic E-state index is 0.209. The molecule has 1 saturated heterocycles. The molecule has 1 fully saturated rings. The van der Waals surface area contributed by atoms with Gasteiger partial charge in [0.25, 0.3) is 0 Å². The van der Waals surface area contributed by atoms with Crippen LogP contribution >= 0.6 is 0 Å². The average molecular weight is 414 g/mol. The van der Waals surface area contributed by atoms with Crippen molar-refractivity contribution in [3.8, 4) is 5.75 Å². The summed E-state index contributed by atoms with van der Waals surface area (Å²) in [5.41, 5.74) is 2.39. The van der Waals surface area contributed by atoms with Crippen LogP contribution in [0.3, 0.4) is 0 Å². The number of benzene rings is 2. The number of morpholine rings is 1. The van der Waals surface area contributed by atoms with Crippen LogP contribution < -0.4 is 9.64 Å². The smallest absolute Gasteiger partial charge is 0.221 e. The number of furan rings is 1. The first-order chi connectivity index (χ1) is 15.2. The number of ether oxygens (including phenoxy) is 2. The molecule has 0 bridgehead atoms. The van der Waals surface area contributed by atoms with Gasteiger partial charge in [-0.05, 0) is 36.4 Å². The number of carbonyl (C=O) groups is 1. The zero-order valence-electron chi connectivity index (χ0n) is 17.2. The average Bonchev–Trinajstić information content (AvgIpc) is 3.27. The largest absolute Gasteiger partial charge is 0.493 e. The highest BCUT2D eigenvalue weighted by Crippen LogP contribution is 2.29. The maximum atomic E-state index is 12.9. The maximum Gasteiger partial charge on any atom is 0.221 e. The van der Waals surface area contributed by atoms with E-state index in [2.05, 4.69) is 11.0 Å². The number of hydrogen-bond donors (Lipinski definition) is 0. The fraction of sp³-hybridized carbons (Fsp3) is 0.200. The van der Waals surface area contributed by atoms with Gasteiger partial charge in [0, 0.05) is 29.4 Å². The van der Waals surface area contributed by atoms with E-state index in [1.807, 2.05) is 48.5 Å². The fourth-order valence-electron chi connectivity index (χ4n) is 3.84. The van der Waals surface area contributed by atoms with Gasteiger partial charge in [-0.3, -0.25) is 4.79 Å². The van der Waals surface area contributed by atoms with Gasteiger partial charge in [-0.1, -0.05) is 30.3 Å². The Kier molecular flexibility index (Phi) is 5.14. The van der Waals surface area contributed by atoms with Gasteiger partial charge in [0.2, 0.25) is 5.78 Å². The SMILES string of the molecule is COc1cccc2cc(C(=O)/C=C/c3cc4ccccc4nc3N3CCOCC3)oc12. The minimum atomic E-state index is -0.209. The number of ketones is 1. The molecule has 0 aliphatic carbocycles. The topological polar surface area (TPSA) is 64.8 Å². The highest BCUT2D eigenvalue weighted by Gasteiger charge is 2.17. The Morgan fingerprint density at radius 1 is 1.06 bits per heavy atom. The molecule has 3 heterocycles. The third kappa shape index (κ3) is 3.78. The van der Waals surface area contributed by atoms with E-state index in [1.165, 1.54) is 0 Å². The lowest BCUT2D eigenvalue weighted by atomic mass is 10.1. The van der Waals surface area contributed by atoms with Crippen LogP contribution in [0.25, 0.3) is 27.9 Å². The van der Waals surface area contributed by atoms with E-state index in [0.29, 0.717) is 24.5 Å². The van der Waals surface area contributed by atoms with Crippen LogP contribution in [-0.2, 0) is 4.74 Å². The number of pyridine rings is 1. The van der Waals surface area contributed by atoms with Gasteiger partial charge >= 0.3 is 0 Å². The molecule has 31 heavy (non-hydrogen) atoms. The lowest BCUT2D eigenvalue weighted by Crippen LogP contribution is -2.37. The summed E-state index contributed by atoms with van der Waals surface area (Å²) in [5.74, 6) is 1.53. The molecule has 6 heteroatoms. The van der Waals surface area contributed by atoms with E-state index in [4.69, 9.17) is 18.9 Å². The van der Waals surface area contributed by atoms with Gasteiger partial charge in [0.1, 0.15) is 5.82 Å². The number of fused-ring (bicyclic) bond motifs is 2. The van der Waals surface area contributed by atoms with Crippen molar-refractivity contribution in [3.05, 3.63) is 72.0 Å². The van der Waals surface area contributed by atoms with Gasteiger partial charge in [-0.25, -0.2) is 4.98 Å². The normalized spacial score (nSPS) is 14.5. The first kappa shape index (κ1) is 19.3. The maximum absolute atomic E-state index is 12.9. The van der Waals surface area contributed by atoms with Crippen LogP contribution in [-0.4, -0.2) is 44.2 Å². The van der Waals surface area contributed by atoms with Crippen LogP contribution in [0.15, 0.2) is 65.1 Å². The molecule has 0 radical (unpaired) electrons. The number of anilines is 1. The summed E-state index contributed by atoms with van der Waals surface area (Å²) < 4.78 is 16.6. The quantitative estimate of drug-likeness (QED) is 0.348. The molecule has 1 aliphatic rings. The number of allylic oxidation sites excluding steroid dienone is 1. The predicted molar refractivity (Wildman–Crippen MR) is 121 cm³/mol. The molecular weight excluding hydrogens is 392 g/mol. The minimum Gasteiger partial charge on any atom is -0.493 e. The fourth-order valence-corrected chi connectivity index (χ4v) is 3.84. The summed E-state index contributed by atoms with van der Waals surface area (Å²) in [6, 6.07) is 17.4. The van der Waals surface area contributed by atoms with E-state index in [-0.39, 0.29) is 11.5 Å². The van der Waals surface area contributed by atoms with Gasteiger partial charge in [-0.2, -0.15) is 0 Å². The molecule has 2 aromatic heterocycles. The van der Waals surface area contributed by atoms with Crippen LogP contribution in [0, 0.1) is 0 Å². The lowest BCUT2D eigenvalue weighted by molar-refractivity contribution is 0.102. The zero-order valence-corrected chi connectivity index (χ0v) is 17.2. The highest BCUT2D eigenvalue weighted by atomic mass is 16.5. The monoisotopic (exact) mass is 414 g/mol. The molecular formula is C25H22N2O4. The molecule has 0 spiro atoms. The molecule has 0 N–H and O–H groups in total. The van der Waals surface area contributed by atoms with Crippen LogP contribution in [0.1, 0.15) is 16.1 Å². The third-order valence-corrected chi connectivity index (χ3v) is 5.43. The van der Waals surface area contributed by atoms with E-state index >= 15 is 0 Å². The second kappa shape index (κ2) is 8.24. The number of hydrogen-bond acceptors (Lipinski definition) is 6. The van der Waals surface area contributed by atoms with E-state index < -0.39 is 0 Å². The van der Waals surface area contributed by atoms with Crippen LogP contribution in [0.5, 0.6) is 5.75 Å². The van der Waals surface area contributed by atoms with Crippen molar-refractivity contribution in [1.29, 1.82) is 0 Å². The Morgan fingerprint density at radius 2 is 1.87 bits per heavy atom. The van der Waals surface area contributed by atoms with Crippen molar-refractivity contribution < 1.29 is 18.7 Å². The molecule has 6 nitrogen and oxygen atoms in total. The highest BCUT2D eigenvalue weighted by molar-refractivity contribution is 6.07. The Balaban J connectivity index is 1.51. The number of aromatic nitrogens is 1. The summed E-state index contributed by atoms with van der Waals surface area (Å²) in [6.07, 6.45) is 3.36. The van der Waals surface area contributed by atoms with E-state index in [9.17, 15) is 4.79 Å². The Bertz CT molecular complexity index is 1290. The van der Waals surface area contributed by atoms with Crippen molar-refractivity contribution >= 4 is 39.5 Å². The van der Waals surface area contributed by atoms with Gasteiger partial charge in [0.15, 0.2) is 17.1 Å². The number of methoxy groups -OCH3 is 1. The summed E-state index contributed by atoms with van der Waals surface area (Å²) >= 11 is 0. The van der Waals surface area contributed by atoms with Crippen molar-refractivity contribution in [2.24, 2.45) is 0 Å². The predicted octanol–water partition coefficient (Wildman–Crippen LogP) is 4.72. The van der Waals surface area contributed by atoms with Gasteiger partial charge in [-0.15, -0.1) is 0 Å².